The van der Waals surface area contributed by atoms with E-state index in [-0.39, 0.29) is 22.9 Å². The van der Waals surface area contributed by atoms with Crippen LogP contribution in [0.1, 0.15) is 45.9 Å². The molecule has 48 heavy (non-hydrogen) atoms. The van der Waals surface area contributed by atoms with Crippen LogP contribution in [0.25, 0.3) is 16.6 Å². The van der Waals surface area contributed by atoms with Crippen molar-refractivity contribution >= 4 is 16.8 Å². The molecule has 4 aromatic carbocycles. The fourth-order valence-corrected chi connectivity index (χ4v) is 6.19. The number of aromatic nitrogens is 4. The summed E-state index contributed by atoms with van der Waals surface area (Å²) in [6, 6.07) is 23.3. The van der Waals surface area contributed by atoms with Crippen LogP contribution >= 0.6 is 0 Å². The molecule has 0 aliphatic carbocycles. The van der Waals surface area contributed by atoms with Gasteiger partial charge in [-0.1, -0.05) is 48.5 Å². The van der Waals surface area contributed by atoms with Crippen molar-refractivity contribution in [1.29, 1.82) is 0 Å². The standard InChI is InChI=1S/C36H29F2N5O5/c1-46-30-17-24-27(18-31(30)47-19-21-8-3-2-4-9-21)40-20-41-35(24)48-29-14-13-22(16-26(29)38)23-10-7-15-42-33(23)32(34(39)44)36(45)43(42)28-12-6-5-11-25(28)37/h2-6,8-9,11-14,16-18,20,23H,7,10,15,19H2,1H3,(H2,39,44). The minimum absolute atomic E-state index is 0.00425. The summed E-state index contributed by atoms with van der Waals surface area (Å²) in [4.78, 5) is 34.6. The minimum Gasteiger partial charge on any atom is -0.493 e. The van der Waals surface area contributed by atoms with Gasteiger partial charge >= 0.3 is 0 Å². The number of rotatable bonds is 9. The second-order valence-corrected chi connectivity index (χ2v) is 11.3. The molecule has 242 valence electrons. The fourth-order valence-electron chi connectivity index (χ4n) is 6.19. The molecule has 2 aromatic heterocycles. The van der Waals surface area contributed by atoms with Gasteiger partial charge in [0, 0.05) is 18.5 Å². The average Bonchev–Trinajstić information content (AvgIpc) is 3.40. The van der Waals surface area contributed by atoms with Crippen LogP contribution in [0.5, 0.6) is 23.1 Å². The lowest BCUT2D eigenvalue weighted by Gasteiger charge is -2.27. The lowest BCUT2D eigenvalue weighted by molar-refractivity contribution is 0.0997. The average molecular weight is 650 g/mol. The van der Waals surface area contributed by atoms with Gasteiger partial charge in [-0.3, -0.25) is 14.3 Å². The lowest BCUT2D eigenvalue weighted by Crippen LogP contribution is -2.26. The zero-order chi connectivity index (χ0) is 33.4. The molecule has 1 aliphatic heterocycles. The van der Waals surface area contributed by atoms with Crippen LogP contribution in [-0.4, -0.2) is 32.3 Å². The van der Waals surface area contributed by atoms with Crippen LogP contribution in [0.4, 0.5) is 8.78 Å². The summed E-state index contributed by atoms with van der Waals surface area (Å²) in [5, 5.41) is 0.474. The number of nitrogens with two attached hydrogens (primary N) is 1. The first-order valence-corrected chi connectivity index (χ1v) is 15.2. The van der Waals surface area contributed by atoms with E-state index in [0.717, 1.165) is 10.2 Å². The smallest absolute Gasteiger partial charge is 0.284 e. The molecule has 1 atom stereocenters. The van der Waals surface area contributed by atoms with Crippen LogP contribution in [0.3, 0.4) is 0 Å². The van der Waals surface area contributed by atoms with Crippen molar-refractivity contribution in [2.75, 3.05) is 7.11 Å². The van der Waals surface area contributed by atoms with Gasteiger partial charge in [-0.15, -0.1) is 0 Å². The van der Waals surface area contributed by atoms with E-state index in [1.165, 1.54) is 43.8 Å². The van der Waals surface area contributed by atoms with Crippen LogP contribution < -0.4 is 25.5 Å². The summed E-state index contributed by atoms with van der Waals surface area (Å²) in [6.45, 7) is 0.663. The fraction of sp³-hybridized carbons (Fsp3) is 0.167. The third-order valence-corrected chi connectivity index (χ3v) is 8.39. The Kier molecular flexibility index (Phi) is 8.05. The van der Waals surface area contributed by atoms with Crippen LogP contribution in [0.2, 0.25) is 0 Å². The number of hydrogen-bond acceptors (Lipinski definition) is 7. The van der Waals surface area contributed by atoms with E-state index in [2.05, 4.69) is 9.97 Å². The van der Waals surface area contributed by atoms with Gasteiger partial charge in [0.1, 0.15) is 30.0 Å². The Hall–Kier alpha value is -6.04. The second-order valence-electron chi connectivity index (χ2n) is 11.3. The van der Waals surface area contributed by atoms with Crippen molar-refractivity contribution in [3.8, 4) is 28.8 Å². The number of primary amides is 1. The van der Waals surface area contributed by atoms with Crippen molar-refractivity contribution in [2.45, 2.75) is 31.9 Å². The summed E-state index contributed by atoms with van der Waals surface area (Å²) in [6.07, 6.45) is 2.40. The van der Waals surface area contributed by atoms with Gasteiger partial charge in [0.05, 0.1) is 23.7 Å². The number of ether oxygens (including phenoxy) is 3. The van der Waals surface area contributed by atoms with Gasteiger partial charge < -0.3 is 19.9 Å². The normalized spacial score (nSPS) is 14.0. The number of carbonyl (C=O) groups excluding carboxylic acids is 1. The first kappa shape index (κ1) is 30.6. The highest BCUT2D eigenvalue weighted by atomic mass is 19.1. The molecular formula is C36H29F2N5O5. The third kappa shape index (κ3) is 5.51. The second kappa shape index (κ2) is 12.6. The Labute approximate surface area is 272 Å². The van der Waals surface area contributed by atoms with Crippen molar-refractivity contribution in [3.05, 3.63) is 136 Å². The van der Waals surface area contributed by atoms with E-state index in [4.69, 9.17) is 19.9 Å². The molecule has 10 nitrogen and oxygen atoms in total. The maximum absolute atomic E-state index is 15.8. The molecule has 3 heterocycles. The van der Waals surface area contributed by atoms with E-state index in [1.807, 2.05) is 30.3 Å². The molecule has 2 N–H and O–H groups in total. The Morgan fingerprint density at radius 1 is 0.938 bits per heavy atom. The van der Waals surface area contributed by atoms with E-state index >= 15 is 4.39 Å². The zero-order valence-corrected chi connectivity index (χ0v) is 25.7. The first-order valence-electron chi connectivity index (χ1n) is 15.2. The molecule has 0 spiro atoms. The predicted octanol–water partition coefficient (Wildman–Crippen LogP) is 6.26. The molecule has 6 aromatic rings. The molecule has 0 bridgehead atoms. The highest BCUT2D eigenvalue weighted by molar-refractivity contribution is 5.94. The molecule has 0 saturated carbocycles. The largest absolute Gasteiger partial charge is 0.493 e. The maximum atomic E-state index is 15.8. The molecule has 7 rings (SSSR count). The van der Waals surface area contributed by atoms with Gasteiger partial charge in [0.25, 0.3) is 11.5 Å². The molecule has 12 heteroatoms. The van der Waals surface area contributed by atoms with E-state index in [9.17, 15) is 14.0 Å². The van der Waals surface area contributed by atoms with Crippen molar-refractivity contribution in [1.82, 2.24) is 19.3 Å². The Morgan fingerprint density at radius 3 is 2.48 bits per heavy atom. The molecule has 1 aliphatic rings. The zero-order valence-electron chi connectivity index (χ0n) is 25.7. The molecular weight excluding hydrogens is 620 g/mol. The van der Waals surface area contributed by atoms with Crippen LogP contribution in [0, 0.1) is 11.6 Å². The number of fused-ring (bicyclic) bond motifs is 2. The van der Waals surface area contributed by atoms with Crippen molar-refractivity contribution in [2.24, 2.45) is 5.73 Å². The minimum atomic E-state index is -0.939. The Morgan fingerprint density at radius 2 is 1.73 bits per heavy atom. The van der Waals surface area contributed by atoms with Crippen molar-refractivity contribution in [3.63, 3.8) is 0 Å². The SMILES string of the molecule is COc1cc2c(Oc3ccc(C4CCCn5c4c(C(N)=O)c(=O)n5-c4ccccc4F)cc3F)ncnc2cc1OCc1ccccc1. The summed E-state index contributed by atoms with van der Waals surface area (Å²) in [7, 11) is 1.51. The number of carbonyl (C=O) groups is 1. The summed E-state index contributed by atoms with van der Waals surface area (Å²) in [5.74, 6) is -1.93. The summed E-state index contributed by atoms with van der Waals surface area (Å²) in [5.41, 5.74) is 6.99. The summed E-state index contributed by atoms with van der Waals surface area (Å²) >= 11 is 0. The Bertz CT molecular complexity index is 2230. The van der Waals surface area contributed by atoms with E-state index in [1.54, 1.807) is 28.9 Å². The number of amides is 1. The number of hydrogen-bond donors (Lipinski definition) is 1. The maximum Gasteiger partial charge on any atom is 0.284 e. The highest BCUT2D eigenvalue weighted by Crippen LogP contribution is 2.39. The predicted molar refractivity (Wildman–Crippen MR) is 173 cm³/mol. The van der Waals surface area contributed by atoms with Crippen LogP contribution in [-0.2, 0) is 13.2 Å². The number of methoxy groups -OCH3 is 1. The number of nitrogens with zero attached hydrogens (tertiary/aromatic N) is 4. The van der Waals surface area contributed by atoms with Crippen LogP contribution in [0.15, 0.2) is 96.1 Å². The molecule has 0 fully saturated rings. The number of benzene rings is 4. The monoisotopic (exact) mass is 649 g/mol. The molecule has 1 unspecified atom stereocenters. The Balaban J connectivity index is 1.21. The topological polar surface area (TPSA) is 123 Å². The number of halogens is 2. The van der Waals surface area contributed by atoms with Gasteiger partial charge in [-0.05, 0) is 54.3 Å². The third-order valence-electron chi connectivity index (χ3n) is 8.39. The molecule has 1 amide bonds. The van der Waals surface area contributed by atoms with Crippen molar-refractivity contribution < 1.29 is 27.8 Å². The van der Waals surface area contributed by atoms with Gasteiger partial charge in [0.15, 0.2) is 23.1 Å². The molecule has 0 radical (unpaired) electrons. The van der Waals surface area contributed by atoms with Gasteiger partial charge in [-0.2, -0.15) is 0 Å². The van der Waals surface area contributed by atoms with E-state index in [0.29, 0.717) is 59.7 Å². The van der Waals surface area contributed by atoms with Gasteiger partial charge in [0.2, 0.25) is 5.88 Å². The number of para-hydroxylation sites is 1. The first-order chi connectivity index (χ1) is 23.3. The summed E-state index contributed by atoms with van der Waals surface area (Å²) < 4.78 is 50.8. The lowest BCUT2D eigenvalue weighted by atomic mass is 9.86. The van der Waals surface area contributed by atoms with E-state index < -0.39 is 29.0 Å². The molecule has 0 saturated heterocycles. The highest BCUT2D eigenvalue weighted by Gasteiger charge is 2.34. The van der Waals surface area contributed by atoms with Gasteiger partial charge in [-0.25, -0.2) is 23.4 Å². The quantitative estimate of drug-likeness (QED) is 0.196.